The quantitative estimate of drug-likeness (QED) is 0.815. The van der Waals surface area contributed by atoms with Crippen LogP contribution in [0.15, 0.2) is 27.6 Å². The fourth-order valence-electron chi connectivity index (χ4n) is 1.18. The summed E-state index contributed by atoms with van der Waals surface area (Å²) in [7, 11) is 0. The average molecular weight is 259 g/mol. The SMILES string of the molecule is CCCNCCn1cccc(Br)c1=O. The second-order valence-electron chi connectivity index (χ2n) is 3.10. The summed E-state index contributed by atoms with van der Waals surface area (Å²) in [5.41, 5.74) is 0.0331. The first-order valence-corrected chi connectivity index (χ1v) is 5.60. The van der Waals surface area contributed by atoms with Crippen LogP contribution in [0.2, 0.25) is 0 Å². The van der Waals surface area contributed by atoms with Gasteiger partial charge in [0.15, 0.2) is 0 Å². The summed E-state index contributed by atoms with van der Waals surface area (Å²) in [5.74, 6) is 0. The highest BCUT2D eigenvalue weighted by Crippen LogP contribution is 1.99. The highest BCUT2D eigenvalue weighted by molar-refractivity contribution is 9.10. The molecule has 0 unspecified atom stereocenters. The molecule has 1 rings (SSSR count). The summed E-state index contributed by atoms with van der Waals surface area (Å²) in [5, 5.41) is 3.26. The molecular formula is C10H15BrN2O. The van der Waals surface area contributed by atoms with E-state index >= 15 is 0 Å². The lowest BCUT2D eigenvalue weighted by atomic mass is 10.4. The monoisotopic (exact) mass is 258 g/mol. The molecule has 0 aliphatic heterocycles. The van der Waals surface area contributed by atoms with Crippen molar-refractivity contribution in [3.05, 3.63) is 33.2 Å². The molecule has 3 nitrogen and oxygen atoms in total. The third-order valence-corrected chi connectivity index (χ3v) is 2.53. The maximum atomic E-state index is 11.5. The van der Waals surface area contributed by atoms with Gasteiger partial charge in [0.05, 0.1) is 4.47 Å². The topological polar surface area (TPSA) is 34.0 Å². The fourth-order valence-corrected chi connectivity index (χ4v) is 1.57. The van der Waals surface area contributed by atoms with E-state index in [-0.39, 0.29) is 5.56 Å². The Hall–Kier alpha value is -0.610. The summed E-state index contributed by atoms with van der Waals surface area (Å²) in [6.45, 7) is 4.68. The van der Waals surface area contributed by atoms with Gasteiger partial charge in [-0.3, -0.25) is 4.79 Å². The average Bonchev–Trinajstić information content (AvgIpc) is 2.19. The highest BCUT2D eigenvalue weighted by atomic mass is 79.9. The second kappa shape index (κ2) is 5.98. The van der Waals surface area contributed by atoms with Gasteiger partial charge in [-0.1, -0.05) is 6.92 Å². The van der Waals surface area contributed by atoms with Crippen molar-refractivity contribution in [2.45, 2.75) is 19.9 Å². The minimum atomic E-state index is 0.0331. The van der Waals surface area contributed by atoms with Gasteiger partial charge in [-0.15, -0.1) is 0 Å². The normalized spacial score (nSPS) is 10.4. The number of hydrogen-bond acceptors (Lipinski definition) is 2. The molecular weight excluding hydrogens is 244 g/mol. The number of halogens is 1. The molecule has 0 amide bonds. The van der Waals surface area contributed by atoms with Gasteiger partial charge in [-0.05, 0) is 41.0 Å². The molecule has 0 aliphatic carbocycles. The van der Waals surface area contributed by atoms with Gasteiger partial charge in [-0.2, -0.15) is 0 Å². The number of pyridine rings is 1. The summed E-state index contributed by atoms with van der Waals surface area (Å²) in [6, 6.07) is 3.63. The van der Waals surface area contributed by atoms with E-state index in [4.69, 9.17) is 0 Å². The van der Waals surface area contributed by atoms with Crippen molar-refractivity contribution in [2.24, 2.45) is 0 Å². The van der Waals surface area contributed by atoms with Crippen LogP contribution in [0.5, 0.6) is 0 Å². The maximum Gasteiger partial charge on any atom is 0.264 e. The predicted octanol–water partition coefficient (Wildman–Crippen LogP) is 1.61. The van der Waals surface area contributed by atoms with Crippen molar-refractivity contribution in [2.75, 3.05) is 13.1 Å². The minimum Gasteiger partial charge on any atom is -0.315 e. The first-order valence-electron chi connectivity index (χ1n) is 4.81. The zero-order valence-electron chi connectivity index (χ0n) is 8.29. The molecule has 4 heteroatoms. The molecule has 78 valence electrons. The molecule has 14 heavy (non-hydrogen) atoms. The first kappa shape index (κ1) is 11.5. The van der Waals surface area contributed by atoms with E-state index in [0.717, 1.165) is 26.1 Å². The van der Waals surface area contributed by atoms with Gasteiger partial charge in [0, 0.05) is 19.3 Å². The van der Waals surface area contributed by atoms with Gasteiger partial charge < -0.3 is 9.88 Å². The molecule has 1 heterocycles. The van der Waals surface area contributed by atoms with E-state index in [9.17, 15) is 4.79 Å². The molecule has 1 N–H and O–H groups in total. The van der Waals surface area contributed by atoms with E-state index in [0.29, 0.717) is 4.47 Å². The fraction of sp³-hybridized carbons (Fsp3) is 0.500. The Balaban J connectivity index is 2.51. The van der Waals surface area contributed by atoms with E-state index < -0.39 is 0 Å². The maximum absolute atomic E-state index is 11.5. The van der Waals surface area contributed by atoms with Crippen molar-refractivity contribution in [3.63, 3.8) is 0 Å². The number of hydrogen-bond donors (Lipinski definition) is 1. The Labute approximate surface area is 92.3 Å². The van der Waals surface area contributed by atoms with Gasteiger partial charge in [-0.25, -0.2) is 0 Å². The van der Waals surface area contributed by atoms with Crippen LogP contribution in [0.1, 0.15) is 13.3 Å². The smallest absolute Gasteiger partial charge is 0.264 e. The zero-order valence-corrected chi connectivity index (χ0v) is 9.88. The standard InChI is InChI=1S/C10H15BrN2O/c1-2-5-12-6-8-13-7-3-4-9(11)10(13)14/h3-4,7,12H,2,5-6,8H2,1H3. The van der Waals surface area contributed by atoms with Gasteiger partial charge in [0.1, 0.15) is 0 Å². The summed E-state index contributed by atoms with van der Waals surface area (Å²) >= 11 is 3.21. The lowest BCUT2D eigenvalue weighted by Gasteiger charge is -2.06. The Bertz CT molecular complexity index is 335. The molecule has 0 fully saturated rings. The van der Waals surface area contributed by atoms with Crippen molar-refractivity contribution in [1.29, 1.82) is 0 Å². The van der Waals surface area contributed by atoms with Crippen LogP contribution < -0.4 is 10.9 Å². The van der Waals surface area contributed by atoms with Crippen molar-refractivity contribution in [1.82, 2.24) is 9.88 Å². The van der Waals surface area contributed by atoms with E-state index in [1.165, 1.54) is 0 Å². The lowest BCUT2D eigenvalue weighted by Crippen LogP contribution is -2.27. The Kier molecular flexibility index (Phi) is 4.90. The third kappa shape index (κ3) is 3.27. The molecule has 0 aliphatic rings. The van der Waals surface area contributed by atoms with Crippen molar-refractivity contribution in [3.8, 4) is 0 Å². The van der Waals surface area contributed by atoms with Gasteiger partial charge in [0.2, 0.25) is 0 Å². The van der Waals surface area contributed by atoms with Gasteiger partial charge >= 0.3 is 0 Å². The summed E-state index contributed by atoms with van der Waals surface area (Å²) in [6.07, 6.45) is 2.92. The molecule has 0 atom stereocenters. The summed E-state index contributed by atoms with van der Waals surface area (Å²) in [4.78, 5) is 11.5. The van der Waals surface area contributed by atoms with Crippen LogP contribution in [0.3, 0.4) is 0 Å². The van der Waals surface area contributed by atoms with Crippen LogP contribution in [0, 0.1) is 0 Å². The highest BCUT2D eigenvalue weighted by Gasteiger charge is 1.98. The number of rotatable bonds is 5. The molecule has 0 saturated heterocycles. The van der Waals surface area contributed by atoms with E-state index in [1.807, 2.05) is 6.07 Å². The number of nitrogens with one attached hydrogen (secondary N) is 1. The second-order valence-corrected chi connectivity index (χ2v) is 3.96. The zero-order chi connectivity index (χ0) is 10.4. The van der Waals surface area contributed by atoms with Crippen LogP contribution >= 0.6 is 15.9 Å². The number of nitrogens with zero attached hydrogens (tertiary/aromatic N) is 1. The molecule has 0 aromatic carbocycles. The largest absolute Gasteiger partial charge is 0.315 e. The van der Waals surface area contributed by atoms with Crippen molar-refractivity contribution < 1.29 is 0 Å². The molecule has 1 aromatic heterocycles. The third-order valence-electron chi connectivity index (χ3n) is 1.93. The molecule has 0 bridgehead atoms. The van der Waals surface area contributed by atoms with Crippen LogP contribution in [-0.2, 0) is 6.54 Å². The number of aromatic nitrogens is 1. The summed E-state index contributed by atoms with van der Waals surface area (Å²) < 4.78 is 2.32. The predicted molar refractivity (Wildman–Crippen MR) is 61.6 cm³/mol. The molecule has 0 radical (unpaired) electrons. The van der Waals surface area contributed by atoms with Crippen LogP contribution in [0.25, 0.3) is 0 Å². The Morgan fingerprint density at radius 3 is 3.00 bits per heavy atom. The Morgan fingerprint density at radius 1 is 1.50 bits per heavy atom. The van der Waals surface area contributed by atoms with Crippen molar-refractivity contribution >= 4 is 15.9 Å². The van der Waals surface area contributed by atoms with Crippen LogP contribution in [0.4, 0.5) is 0 Å². The van der Waals surface area contributed by atoms with E-state index in [1.54, 1.807) is 16.8 Å². The molecule has 0 spiro atoms. The molecule has 0 saturated carbocycles. The molecule has 1 aromatic rings. The first-order chi connectivity index (χ1) is 6.75. The lowest BCUT2D eigenvalue weighted by molar-refractivity contribution is 0.581. The van der Waals surface area contributed by atoms with E-state index in [2.05, 4.69) is 28.2 Å². The van der Waals surface area contributed by atoms with Gasteiger partial charge in [0.25, 0.3) is 5.56 Å². The van der Waals surface area contributed by atoms with Crippen LogP contribution in [-0.4, -0.2) is 17.7 Å². The minimum absolute atomic E-state index is 0.0331. The Morgan fingerprint density at radius 2 is 2.29 bits per heavy atom.